The highest BCUT2D eigenvalue weighted by molar-refractivity contribution is 9.10. The molecule has 1 aliphatic carbocycles. The molecule has 1 aliphatic rings. The van der Waals surface area contributed by atoms with E-state index in [0.29, 0.717) is 22.5 Å². The molecule has 1 fully saturated rings. The summed E-state index contributed by atoms with van der Waals surface area (Å²) in [4.78, 5) is 30.8. The van der Waals surface area contributed by atoms with Gasteiger partial charge in [0.1, 0.15) is 11.6 Å². The van der Waals surface area contributed by atoms with Crippen LogP contribution in [0.1, 0.15) is 55.0 Å². The summed E-state index contributed by atoms with van der Waals surface area (Å²) in [5.41, 5.74) is 2.99. The molecule has 1 heterocycles. The van der Waals surface area contributed by atoms with Gasteiger partial charge in [-0.1, -0.05) is 65.5 Å². The van der Waals surface area contributed by atoms with Gasteiger partial charge in [-0.15, -0.1) is 0 Å². The van der Waals surface area contributed by atoms with Crippen LogP contribution in [0, 0.1) is 6.92 Å². The topological polar surface area (TPSA) is 85.6 Å². The number of anilines is 1. The Bertz CT molecular complexity index is 1560. The van der Waals surface area contributed by atoms with Crippen molar-refractivity contribution in [1.29, 1.82) is 0 Å². The number of para-hydroxylation sites is 1. The summed E-state index contributed by atoms with van der Waals surface area (Å²) in [6.07, 6.45) is 7.09. The lowest BCUT2D eigenvalue weighted by atomic mass is 9.88. The molecule has 38 heavy (non-hydrogen) atoms. The van der Waals surface area contributed by atoms with Crippen molar-refractivity contribution in [3.63, 3.8) is 0 Å². The van der Waals surface area contributed by atoms with Crippen LogP contribution in [0.3, 0.4) is 0 Å². The number of amides is 1. The monoisotopic (exact) mass is 572 g/mol. The first-order chi connectivity index (χ1) is 18.5. The number of hydrogen-bond donors (Lipinski definition) is 1. The molecular weight excluding hydrogens is 544 g/mol. The second kappa shape index (κ2) is 11.7. The fraction of sp³-hybridized carbons (Fsp3) is 0.267. The lowest BCUT2D eigenvalue weighted by molar-refractivity contribution is -0.118. The van der Waals surface area contributed by atoms with E-state index in [-0.39, 0.29) is 24.0 Å². The molecule has 1 N–H and O–H groups in total. The number of carbonyl (C=O) groups is 1. The van der Waals surface area contributed by atoms with Gasteiger partial charge in [0, 0.05) is 16.1 Å². The summed E-state index contributed by atoms with van der Waals surface area (Å²) in [5.74, 6) is 1.20. The van der Waals surface area contributed by atoms with Crippen LogP contribution >= 0.6 is 15.9 Å². The first-order valence-corrected chi connectivity index (χ1v) is 13.6. The minimum Gasteiger partial charge on any atom is -0.484 e. The van der Waals surface area contributed by atoms with E-state index in [0.717, 1.165) is 47.0 Å². The van der Waals surface area contributed by atoms with E-state index < -0.39 is 0 Å². The predicted molar refractivity (Wildman–Crippen MR) is 154 cm³/mol. The Kier molecular flexibility index (Phi) is 7.98. The van der Waals surface area contributed by atoms with Gasteiger partial charge in [0.2, 0.25) is 0 Å². The highest BCUT2D eigenvalue weighted by Gasteiger charge is 2.22. The maximum atomic E-state index is 13.5. The second-order valence-corrected chi connectivity index (χ2v) is 10.5. The maximum absolute atomic E-state index is 13.5. The van der Waals surface area contributed by atoms with Crippen LogP contribution in [0.15, 0.2) is 81.1 Å². The van der Waals surface area contributed by atoms with Crippen LogP contribution in [0.25, 0.3) is 10.9 Å². The van der Waals surface area contributed by atoms with E-state index >= 15 is 0 Å². The lowest BCUT2D eigenvalue weighted by Crippen LogP contribution is -2.25. The molecule has 194 valence electrons. The summed E-state index contributed by atoms with van der Waals surface area (Å²) in [6.45, 7) is 1.82. The minimum absolute atomic E-state index is 0.121. The third-order valence-electron chi connectivity index (χ3n) is 6.77. The molecule has 4 aromatic rings. The van der Waals surface area contributed by atoms with Crippen LogP contribution in [-0.4, -0.2) is 28.4 Å². The lowest BCUT2D eigenvalue weighted by Gasteiger charge is -2.22. The minimum atomic E-state index is -0.240. The Hall–Kier alpha value is -3.78. The number of ether oxygens (including phenoxy) is 1. The Labute approximate surface area is 229 Å². The number of rotatable bonds is 7. The van der Waals surface area contributed by atoms with Crippen molar-refractivity contribution < 1.29 is 9.53 Å². The van der Waals surface area contributed by atoms with Gasteiger partial charge >= 0.3 is 0 Å². The van der Waals surface area contributed by atoms with E-state index in [4.69, 9.17) is 9.72 Å². The van der Waals surface area contributed by atoms with Crippen LogP contribution in [0.4, 0.5) is 5.69 Å². The van der Waals surface area contributed by atoms with Crippen molar-refractivity contribution in [2.75, 3.05) is 11.9 Å². The van der Waals surface area contributed by atoms with Gasteiger partial charge in [-0.25, -0.2) is 4.98 Å². The van der Waals surface area contributed by atoms with Crippen molar-refractivity contribution in [2.24, 2.45) is 5.10 Å². The number of aryl methyl sites for hydroxylation is 1. The molecule has 0 aliphatic heterocycles. The van der Waals surface area contributed by atoms with Crippen LogP contribution in [-0.2, 0) is 4.79 Å². The number of fused-ring (bicyclic) bond motifs is 1. The molecule has 3 aromatic carbocycles. The molecule has 7 nitrogen and oxygen atoms in total. The Balaban J connectivity index is 1.37. The molecule has 5 rings (SSSR count). The molecule has 1 aromatic heterocycles. The normalized spacial score (nSPS) is 14.2. The van der Waals surface area contributed by atoms with Gasteiger partial charge in [-0.3, -0.25) is 9.59 Å². The quantitative estimate of drug-likeness (QED) is 0.259. The number of hydrogen-bond acceptors (Lipinski definition) is 5. The molecule has 8 heteroatoms. The average molecular weight is 573 g/mol. The van der Waals surface area contributed by atoms with E-state index in [2.05, 4.69) is 26.3 Å². The second-order valence-electron chi connectivity index (χ2n) is 9.55. The number of aromatic nitrogens is 2. The van der Waals surface area contributed by atoms with E-state index in [9.17, 15) is 9.59 Å². The highest BCUT2D eigenvalue weighted by Crippen LogP contribution is 2.32. The van der Waals surface area contributed by atoms with Gasteiger partial charge in [0.15, 0.2) is 6.61 Å². The first-order valence-electron chi connectivity index (χ1n) is 12.8. The molecule has 0 spiro atoms. The Morgan fingerprint density at radius 2 is 1.92 bits per heavy atom. The van der Waals surface area contributed by atoms with Crippen LogP contribution < -0.4 is 15.6 Å². The number of nitrogens with zero attached hydrogens (tertiary/aromatic N) is 3. The van der Waals surface area contributed by atoms with E-state index in [1.165, 1.54) is 11.1 Å². The zero-order valence-electron chi connectivity index (χ0n) is 21.2. The fourth-order valence-corrected chi connectivity index (χ4v) is 5.12. The molecule has 0 saturated heterocycles. The summed E-state index contributed by atoms with van der Waals surface area (Å²) >= 11 is 3.46. The smallest absolute Gasteiger partial charge is 0.282 e. The number of benzene rings is 3. The van der Waals surface area contributed by atoms with Crippen molar-refractivity contribution in [1.82, 2.24) is 9.66 Å². The number of carbonyl (C=O) groups excluding carboxylic acids is 1. The molecule has 0 atom stereocenters. The summed E-state index contributed by atoms with van der Waals surface area (Å²) in [7, 11) is 0. The summed E-state index contributed by atoms with van der Waals surface area (Å²) in [5, 5.41) is 7.99. The van der Waals surface area contributed by atoms with Gasteiger partial charge in [-0.05, 0) is 67.3 Å². The molecular formula is C30H29BrN4O3. The van der Waals surface area contributed by atoms with Crippen molar-refractivity contribution in [3.8, 4) is 5.75 Å². The van der Waals surface area contributed by atoms with Crippen molar-refractivity contribution >= 4 is 44.6 Å². The predicted octanol–water partition coefficient (Wildman–Crippen LogP) is 6.41. The summed E-state index contributed by atoms with van der Waals surface area (Å²) < 4.78 is 8.00. The van der Waals surface area contributed by atoms with Gasteiger partial charge in [-0.2, -0.15) is 9.78 Å². The van der Waals surface area contributed by atoms with Gasteiger partial charge in [0.25, 0.3) is 11.5 Å². The zero-order chi connectivity index (χ0) is 26.5. The Morgan fingerprint density at radius 3 is 2.74 bits per heavy atom. The first kappa shape index (κ1) is 25.9. The largest absolute Gasteiger partial charge is 0.484 e. The number of halogens is 1. The van der Waals surface area contributed by atoms with Gasteiger partial charge < -0.3 is 10.1 Å². The zero-order valence-corrected chi connectivity index (χ0v) is 22.8. The average Bonchev–Trinajstić information content (AvgIpc) is 2.93. The molecule has 0 bridgehead atoms. The van der Waals surface area contributed by atoms with E-state index in [1.54, 1.807) is 24.4 Å². The Morgan fingerprint density at radius 1 is 1.11 bits per heavy atom. The van der Waals surface area contributed by atoms with Crippen molar-refractivity contribution in [2.45, 2.75) is 44.9 Å². The van der Waals surface area contributed by atoms with Crippen LogP contribution in [0.2, 0.25) is 0 Å². The third kappa shape index (κ3) is 6.02. The fourth-order valence-electron chi connectivity index (χ4n) is 4.76. The van der Waals surface area contributed by atoms with Gasteiger partial charge in [0.05, 0.1) is 17.1 Å². The molecule has 1 saturated carbocycles. The molecule has 0 unspecified atom stereocenters. The third-order valence-corrected chi connectivity index (χ3v) is 7.27. The maximum Gasteiger partial charge on any atom is 0.282 e. The standard InChI is InChI=1S/C30H29BrN4O3/c1-20-8-5-6-13-26(20)33-28(36)19-38-24-12-7-9-21(16-24)18-32-35-29(22-10-3-2-4-11-22)34-27-15-14-23(31)17-25(27)30(35)37/h5-9,12-18,22H,2-4,10-11,19H2,1H3,(H,33,36). The number of nitrogens with one attached hydrogen (secondary N) is 1. The SMILES string of the molecule is Cc1ccccc1NC(=O)COc1cccc(C=Nn2c(C3CCCCC3)nc3ccc(Br)cc3c2=O)c1. The van der Waals surface area contributed by atoms with Crippen molar-refractivity contribution in [3.05, 3.63) is 98.5 Å². The van der Waals surface area contributed by atoms with Crippen LogP contribution in [0.5, 0.6) is 5.75 Å². The summed E-state index contributed by atoms with van der Waals surface area (Å²) in [6, 6.07) is 20.4. The van der Waals surface area contributed by atoms with E-state index in [1.807, 2.05) is 55.5 Å². The highest BCUT2D eigenvalue weighted by atomic mass is 79.9. The molecule has 0 radical (unpaired) electrons. The molecule has 1 amide bonds.